The predicted octanol–water partition coefficient (Wildman–Crippen LogP) is -0.464. The quantitative estimate of drug-likeness (QED) is 0.527. The molecule has 0 aromatic heterocycles. The third-order valence-corrected chi connectivity index (χ3v) is 6.91. The Labute approximate surface area is 166 Å². The van der Waals surface area contributed by atoms with Gasteiger partial charge >= 0.3 is 11.8 Å². The van der Waals surface area contributed by atoms with Gasteiger partial charge in [0.25, 0.3) is 10.7 Å². The van der Waals surface area contributed by atoms with Gasteiger partial charge in [0.05, 0.1) is 4.90 Å². The average Bonchev–Trinajstić information content (AvgIpc) is 3.40. The number of fused-ring (bicyclic) bond motifs is 1. The molecule has 2 aromatic rings. The number of nitrogens with zero attached hydrogens (tertiary/aromatic N) is 2. The highest BCUT2D eigenvalue weighted by molar-refractivity contribution is 7.89. The molecule has 2 aromatic carbocycles. The lowest BCUT2D eigenvalue weighted by molar-refractivity contribution is -0.141. The van der Waals surface area contributed by atoms with Crippen molar-refractivity contribution in [2.45, 2.75) is 36.7 Å². The number of hydrogen-bond acceptors (Lipinski definition) is 4. The Hall–Kier alpha value is -2.78. The smallest absolute Gasteiger partial charge is 0.207 e. The van der Waals surface area contributed by atoms with Crippen LogP contribution in [0, 0.1) is 5.82 Å². The molecule has 2 amide bonds. The molecule has 0 radical (unpaired) electrons. The van der Waals surface area contributed by atoms with Crippen LogP contribution in [0.1, 0.15) is 25.3 Å². The number of nitrogens with one attached hydrogen (secondary N) is 1. The second-order valence-electron chi connectivity index (χ2n) is 7.70. The van der Waals surface area contributed by atoms with Crippen molar-refractivity contribution in [1.29, 1.82) is 0 Å². The molecule has 1 N–H and O–H groups in total. The normalized spacial score (nSPS) is 18.0. The predicted molar refractivity (Wildman–Crippen MR) is 102 cm³/mol. The summed E-state index contributed by atoms with van der Waals surface area (Å²) in [6.07, 6.45) is 1.55. The van der Waals surface area contributed by atoms with Crippen molar-refractivity contribution in [2.24, 2.45) is 0 Å². The average molecular weight is 417 g/mol. The fourth-order valence-electron chi connectivity index (χ4n) is 3.25. The number of carbonyl (C=O) groups excluding carboxylic acids is 2. The highest BCUT2D eigenvalue weighted by Gasteiger charge is 2.43. The molecule has 150 valence electrons. The molecule has 0 spiro atoms. The molecule has 9 heteroatoms. The zero-order valence-corrected chi connectivity index (χ0v) is 16.8. The maximum absolute atomic E-state index is 13.2. The van der Waals surface area contributed by atoms with Gasteiger partial charge in [0.1, 0.15) is 12.9 Å². The van der Waals surface area contributed by atoms with Crippen molar-refractivity contribution >= 4 is 21.8 Å². The summed E-state index contributed by atoms with van der Waals surface area (Å²) >= 11 is 0. The Morgan fingerprint density at radius 1 is 1.03 bits per heavy atom. The van der Waals surface area contributed by atoms with Crippen molar-refractivity contribution in [1.82, 2.24) is 13.9 Å². The third-order valence-electron chi connectivity index (χ3n) is 5.28. The summed E-state index contributed by atoms with van der Waals surface area (Å²) in [4.78, 5) is 25.1. The van der Waals surface area contributed by atoms with Gasteiger partial charge in [-0.05, 0) is 50.1 Å². The summed E-state index contributed by atoms with van der Waals surface area (Å²) in [6, 6.07) is 9.95. The Morgan fingerprint density at radius 3 is 2.31 bits per heavy atom. The highest BCUT2D eigenvalue weighted by atomic mass is 32.2. The summed E-state index contributed by atoms with van der Waals surface area (Å²) in [5.74, 6) is -1.90. The Morgan fingerprint density at radius 2 is 1.69 bits per heavy atom. The molecule has 1 aliphatic heterocycles. The van der Waals surface area contributed by atoms with Crippen LogP contribution in [-0.2, 0) is 26.2 Å². The van der Waals surface area contributed by atoms with Crippen molar-refractivity contribution in [2.75, 3.05) is 7.05 Å². The van der Waals surface area contributed by atoms with Crippen molar-refractivity contribution < 1.29 is 22.4 Å². The molecule has 0 saturated heterocycles. The number of rotatable bonds is 5. The van der Waals surface area contributed by atoms with Gasteiger partial charge in [-0.1, -0.05) is 0 Å². The van der Waals surface area contributed by atoms with Crippen LogP contribution in [0.5, 0.6) is 0 Å². The fourth-order valence-corrected chi connectivity index (χ4v) is 4.73. The van der Waals surface area contributed by atoms with Gasteiger partial charge in [-0.2, -0.15) is 0 Å². The highest BCUT2D eigenvalue weighted by Crippen LogP contribution is 2.35. The van der Waals surface area contributed by atoms with Gasteiger partial charge in [-0.3, -0.25) is 0 Å². The Kier molecular flexibility index (Phi) is 4.47. The van der Waals surface area contributed by atoms with E-state index in [0.29, 0.717) is 16.3 Å². The van der Waals surface area contributed by atoms with E-state index in [9.17, 15) is 22.4 Å². The lowest BCUT2D eigenvalue weighted by Crippen LogP contribution is -2.59. The zero-order chi connectivity index (χ0) is 21.0. The van der Waals surface area contributed by atoms with E-state index in [-0.39, 0.29) is 11.4 Å². The van der Waals surface area contributed by atoms with Crippen LogP contribution in [0.2, 0.25) is 0 Å². The van der Waals surface area contributed by atoms with Crippen molar-refractivity contribution in [3.8, 4) is 0 Å². The van der Waals surface area contributed by atoms with Gasteiger partial charge in [-0.15, -0.1) is 9.15 Å². The molecule has 0 bridgehead atoms. The molecular formula is C20H20FN3O4S+2. The Bertz CT molecular complexity index is 1280. The zero-order valence-electron chi connectivity index (χ0n) is 16.0. The van der Waals surface area contributed by atoms with E-state index in [0.717, 1.165) is 17.4 Å². The minimum Gasteiger partial charge on any atom is -0.207 e. The van der Waals surface area contributed by atoms with Crippen molar-refractivity contribution in [3.63, 3.8) is 0 Å². The summed E-state index contributed by atoms with van der Waals surface area (Å²) < 4.78 is 43.7. The van der Waals surface area contributed by atoms with Crippen LogP contribution in [0.3, 0.4) is 0 Å². The van der Waals surface area contributed by atoms with Gasteiger partial charge in [0.15, 0.2) is 6.54 Å². The molecule has 1 fully saturated rings. The minimum atomic E-state index is -3.76. The van der Waals surface area contributed by atoms with Crippen LogP contribution in [0.15, 0.2) is 47.4 Å². The monoisotopic (exact) mass is 417 g/mol. The number of benzene rings is 2. The molecule has 0 atom stereocenters. The summed E-state index contributed by atoms with van der Waals surface area (Å²) in [5, 5.41) is 0.735. The first kappa shape index (κ1) is 19.5. The van der Waals surface area contributed by atoms with E-state index in [1.807, 2.05) is 6.92 Å². The molecule has 1 heterocycles. The summed E-state index contributed by atoms with van der Waals surface area (Å²) in [7, 11) is -2.33. The third kappa shape index (κ3) is 3.63. The molecule has 2 aliphatic rings. The molecule has 7 nitrogen and oxygen atoms in total. The van der Waals surface area contributed by atoms with E-state index in [1.165, 1.54) is 54.1 Å². The number of amides is 2. The van der Waals surface area contributed by atoms with Gasteiger partial charge in [0, 0.05) is 23.2 Å². The van der Waals surface area contributed by atoms with Gasteiger partial charge in [0.2, 0.25) is 10.0 Å². The first-order valence-corrected chi connectivity index (χ1v) is 10.6. The molecule has 0 unspecified atom stereocenters. The number of halogens is 1. The van der Waals surface area contributed by atoms with Crippen LogP contribution >= 0.6 is 0 Å². The van der Waals surface area contributed by atoms with Gasteiger partial charge in [-0.25, -0.2) is 27.1 Å². The van der Waals surface area contributed by atoms with E-state index in [2.05, 4.69) is 4.72 Å². The molecule has 1 aliphatic carbocycles. The molecule has 4 rings (SSSR count). The van der Waals surface area contributed by atoms with E-state index in [1.54, 1.807) is 0 Å². The van der Waals surface area contributed by atoms with Crippen LogP contribution in [0.25, 0.3) is 0 Å². The van der Waals surface area contributed by atoms with E-state index >= 15 is 0 Å². The SMILES string of the molecule is C[N+]1=c2cc(S(=O)(=O)NC3(C)CC3)ccc2=[N+](Cc2ccc(F)cc2)C(=O)C1=O. The number of hydrogen-bond donors (Lipinski definition) is 1. The van der Waals surface area contributed by atoms with Gasteiger partial charge < -0.3 is 0 Å². The first-order valence-electron chi connectivity index (χ1n) is 9.12. The largest absolute Gasteiger partial charge is 0.529 e. The van der Waals surface area contributed by atoms with Crippen LogP contribution < -0.4 is 24.6 Å². The summed E-state index contributed by atoms with van der Waals surface area (Å²) in [5.41, 5.74) is 0.212. The molecule has 1 saturated carbocycles. The second-order valence-corrected chi connectivity index (χ2v) is 9.38. The topological polar surface area (TPSA) is 86.3 Å². The fraction of sp³-hybridized carbons (Fsp3) is 0.300. The standard InChI is InChI=1S/C20H20FN3O4S/c1-20(9-10-20)22-29(27,28)15-7-8-16-17(11-15)23(2)18(25)19(26)24(16)12-13-3-5-14(21)6-4-13/h3-8,11,22H,9-10,12H2,1-2H3/q+2. The maximum Gasteiger partial charge on any atom is 0.529 e. The van der Waals surface area contributed by atoms with Crippen LogP contribution in [-0.4, -0.2) is 32.8 Å². The lowest BCUT2D eigenvalue weighted by Gasteiger charge is -2.12. The first-order chi connectivity index (χ1) is 13.6. The Balaban J connectivity index is 1.86. The second kappa shape index (κ2) is 6.64. The van der Waals surface area contributed by atoms with Crippen molar-refractivity contribution in [3.05, 3.63) is 64.6 Å². The molecule has 29 heavy (non-hydrogen) atoms. The number of likely N-dealkylation sites (N-methyl/N-ethyl adjacent to an activating group) is 1. The lowest BCUT2D eigenvalue weighted by atomic mass is 10.2. The molecular weight excluding hydrogens is 397 g/mol. The van der Waals surface area contributed by atoms with E-state index in [4.69, 9.17) is 0 Å². The minimum absolute atomic E-state index is 0.0279. The maximum atomic E-state index is 13.2. The number of sulfonamides is 1. The van der Waals surface area contributed by atoms with Crippen LogP contribution in [0.4, 0.5) is 4.39 Å². The summed E-state index contributed by atoms with van der Waals surface area (Å²) in [6.45, 7) is 1.90. The number of carbonyl (C=O) groups is 2. The van der Waals surface area contributed by atoms with E-state index < -0.39 is 33.2 Å².